The van der Waals surface area contributed by atoms with Crippen LogP contribution in [0.4, 0.5) is 5.13 Å². The normalized spacial score (nSPS) is 17.9. The van der Waals surface area contributed by atoms with Gasteiger partial charge in [-0.1, -0.05) is 27.7 Å². The Labute approximate surface area is 179 Å². The van der Waals surface area contributed by atoms with Crippen molar-refractivity contribution in [3.63, 3.8) is 0 Å². The molecule has 1 amide bonds. The van der Waals surface area contributed by atoms with Crippen molar-refractivity contribution < 1.29 is 21.8 Å². The minimum atomic E-state index is -3.46. The van der Waals surface area contributed by atoms with Crippen LogP contribution in [0.1, 0.15) is 44.6 Å². The summed E-state index contributed by atoms with van der Waals surface area (Å²) in [6, 6.07) is -0.0981. The van der Waals surface area contributed by atoms with Crippen molar-refractivity contribution >= 4 is 41.5 Å². The van der Waals surface area contributed by atoms with Crippen LogP contribution in [0.3, 0.4) is 0 Å². The lowest BCUT2D eigenvalue weighted by Gasteiger charge is -2.38. The monoisotopic (exact) mass is 463 g/mol. The Morgan fingerprint density at radius 1 is 1.41 bits per heavy atom. The molecule has 1 fully saturated rings. The molecule has 166 valence electrons. The molecule has 0 bridgehead atoms. The third-order valence-corrected chi connectivity index (χ3v) is 6.91. The average molecular weight is 464 g/mol. The zero-order chi connectivity index (χ0) is 22.0. The largest absolute Gasteiger partial charge is 0.415 e. The van der Waals surface area contributed by atoms with E-state index in [9.17, 15) is 13.2 Å². The zero-order valence-corrected chi connectivity index (χ0v) is 21.0. The van der Waals surface area contributed by atoms with Gasteiger partial charge in [0, 0.05) is 18.5 Å². The van der Waals surface area contributed by atoms with E-state index in [4.69, 9.17) is 8.61 Å². The van der Waals surface area contributed by atoms with E-state index in [-0.39, 0.29) is 29.6 Å². The van der Waals surface area contributed by atoms with Crippen molar-refractivity contribution in [3.05, 3.63) is 11.1 Å². The molecule has 1 saturated heterocycles. The summed E-state index contributed by atoms with van der Waals surface area (Å²) >= 11 is 1.37. The third kappa shape index (κ3) is 7.02. The molecule has 2 heterocycles. The van der Waals surface area contributed by atoms with Crippen LogP contribution in [0.5, 0.6) is 0 Å². The molecule has 29 heavy (non-hydrogen) atoms. The molecular weight excluding hydrogens is 430 g/mol. The van der Waals surface area contributed by atoms with Crippen LogP contribution >= 0.6 is 11.3 Å². The SMILES string of the molecule is CC[C@H](NC(=O)c1csc(N2CC(OS(C)(=O)=O)C2)n1)C(O[SiH](C)C)C(C)(C)C. The highest BCUT2D eigenvalue weighted by Gasteiger charge is 2.35. The van der Waals surface area contributed by atoms with Gasteiger partial charge in [-0.05, 0) is 24.9 Å². The number of nitrogens with one attached hydrogen (secondary N) is 1. The van der Waals surface area contributed by atoms with Crippen molar-refractivity contribution in [2.24, 2.45) is 5.41 Å². The Balaban J connectivity index is 2.00. The molecule has 1 aromatic heterocycles. The number of carbonyl (C=O) groups excluding carboxylic acids is 1. The first-order valence-electron chi connectivity index (χ1n) is 9.85. The fourth-order valence-corrected chi connectivity index (χ4v) is 5.87. The van der Waals surface area contributed by atoms with Crippen molar-refractivity contribution in [1.29, 1.82) is 0 Å². The molecule has 1 aliphatic heterocycles. The summed E-state index contributed by atoms with van der Waals surface area (Å²) in [5.74, 6) is -0.216. The lowest BCUT2D eigenvalue weighted by atomic mass is 9.83. The number of aromatic nitrogens is 1. The van der Waals surface area contributed by atoms with Crippen LogP contribution in [0.25, 0.3) is 0 Å². The molecule has 1 aromatic rings. The zero-order valence-electron chi connectivity index (χ0n) is 18.3. The minimum absolute atomic E-state index is 0.0643. The molecule has 8 nitrogen and oxygen atoms in total. The number of hydrogen-bond donors (Lipinski definition) is 1. The molecule has 0 spiro atoms. The van der Waals surface area contributed by atoms with Gasteiger partial charge >= 0.3 is 0 Å². The highest BCUT2D eigenvalue weighted by molar-refractivity contribution is 7.86. The van der Waals surface area contributed by atoms with E-state index < -0.39 is 19.2 Å². The molecule has 2 atom stereocenters. The van der Waals surface area contributed by atoms with E-state index in [1.54, 1.807) is 5.38 Å². The van der Waals surface area contributed by atoms with Gasteiger partial charge in [-0.3, -0.25) is 8.98 Å². The molecule has 0 aromatic carbocycles. The van der Waals surface area contributed by atoms with E-state index in [1.807, 2.05) is 11.8 Å². The highest BCUT2D eigenvalue weighted by Crippen LogP contribution is 2.29. The molecule has 2 rings (SSSR count). The second-order valence-electron chi connectivity index (χ2n) is 8.80. The van der Waals surface area contributed by atoms with Crippen molar-refractivity contribution in [2.45, 2.75) is 65.5 Å². The predicted octanol–water partition coefficient (Wildman–Crippen LogP) is 2.23. The Bertz CT molecular complexity index is 801. The summed E-state index contributed by atoms with van der Waals surface area (Å²) in [5.41, 5.74) is 0.274. The Morgan fingerprint density at radius 3 is 2.52 bits per heavy atom. The summed E-state index contributed by atoms with van der Waals surface area (Å²) < 4.78 is 33.6. The smallest absolute Gasteiger partial charge is 0.271 e. The van der Waals surface area contributed by atoms with Crippen molar-refractivity contribution in [2.75, 3.05) is 24.2 Å². The lowest BCUT2D eigenvalue weighted by Crippen LogP contribution is -2.53. The second-order valence-corrected chi connectivity index (χ2v) is 13.6. The fraction of sp³-hybridized carbons (Fsp3) is 0.778. The van der Waals surface area contributed by atoms with Crippen molar-refractivity contribution in [3.8, 4) is 0 Å². The Morgan fingerprint density at radius 2 is 2.03 bits per heavy atom. The molecule has 0 radical (unpaired) electrons. The molecule has 1 aliphatic rings. The maximum atomic E-state index is 12.8. The highest BCUT2D eigenvalue weighted by atomic mass is 32.2. The molecule has 1 unspecified atom stereocenters. The van der Waals surface area contributed by atoms with Crippen LogP contribution < -0.4 is 10.2 Å². The Hall–Kier alpha value is -1.01. The number of carbonyl (C=O) groups is 1. The number of hydrogen-bond acceptors (Lipinski definition) is 8. The number of nitrogens with zero attached hydrogens (tertiary/aromatic N) is 2. The maximum absolute atomic E-state index is 12.8. The van der Waals surface area contributed by atoms with Crippen LogP contribution in [0, 0.1) is 5.41 Å². The van der Waals surface area contributed by atoms with Gasteiger partial charge in [-0.2, -0.15) is 8.42 Å². The van der Waals surface area contributed by atoms with Gasteiger partial charge in [0.05, 0.1) is 18.4 Å². The molecular formula is C18H33N3O5S2Si. The molecule has 11 heteroatoms. The standard InChI is InChI=1S/C18H33N3O5S2Si/c1-8-13(15(18(2,3)4)26-29(6)7)19-16(22)14-11-27-17(20-14)21-9-12(10-21)25-28(5,23)24/h11-13,15,29H,8-10H2,1-7H3,(H,19,22)/t13-,15?/m0/s1. The number of rotatable bonds is 9. The maximum Gasteiger partial charge on any atom is 0.271 e. The summed E-state index contributed by atoms with van der Waals surface area (Å²) in [5, 5.41) is 5.52. The van der Waals surface area contributed by atoms with E-state index >= 15 is 0 Å². The van der Waals surface area contributed by atoms with Crippen LogP contribution in [0.2, 0.25) is 13.1 Å². The molecule has 0 saturated carbocycles. The summed E-state index contributed by atoms with van der Waals surface area (Å²) in [7, 11) is -4.73. The summed E-state index contributed by atoms with van der Waals surface area (Å²) in [4.78, 5) is 19.1. The number of anilines is 1. The van der Waals surface area contributed by atoms with Gasteiger partial charge in [0.2, 0.25) is 0 Å². The average Bonchev–Trinajstić information content (AvgIpc) is 3.01. The first-order chi connectivity index (χ1) is 13.3. The van der Waals surface area contributed by atoms with Crippen LogP contribution in [-0.2, 0) is 18.7 Å². The fourth-order valence-electron chi connectivity index (χ4n) is 3.25. The van der Waals surface area contributed by atoms with E-state index in [0.29, 0.717) is 23.9 Å². The summed E-state index contributed by atoms with van der Waals surface area (Å²) in [6.45, 7) is 13.6. The summed E-state index contributed by atoms with van der Waals surface area (Å²) in [6.07, 6.45) is 1.38. The van der Waals surface area contributed by atoms with Crippen molar-refractivity contribution in [1.82, 2.24) is 10.3 Å². The predicted molar refractivity (Wildman–Crippen MR) is 119 cm³/mol. The first-order valence-corrected chi connectivity index (χ1v) is 15.3. The first kappa shape index (κ1) is 24.3. The van der Waals surface area contributed by atoms with E-state index in [1.165, 1.54) is 11.3 Å². The molecule has 1 N–H and O–H groups in total. The second kappa shape index (κ2) is 9.42. The van der Waals surface area contributed by atoms with Crippen LogP contribution in [-0.4, -0.2) is 65.9 Å². The minimum Gasteiger partial charge on any atom is -0.415 e. The lowest BCUT2D eigenvalue weighted by molar-refractivity contribution is 0.0451. The van der Waals surface area contributed by atoms with Gasteiger partial charge in [0.15, 0.2) is 14.2 Å². The van der Waals surface area contributed by atoms with Gasteiger partial charge in [-0.15, -0.1) is 11.3 Å². The van der Waals surface area contributed by atoms with Gasteiger partial charge < -0.3 is 14.6 Å². The van der Waals surface area contributed by atoms with Gasteiger partial charge in [0.25, 0.3) is 16.0 Å². The quantitative estimate of drug-likeness (QED) is 0.443. The number of amides is 1. The topological polar surface area (TPSA) is 97.8 Å². The molecule has 0 aliphatic carbocycles. The third-order valence-electron chi connectivity index (χ3n) is 4.55. The van der Waals surface area contributed by atoms with E-state index in [0.717, 1.165) is 12.7 Å². The number of thiazole rings is 1. The van der Waals surface area contributed by atoms with Gasteiger partial charge in [0.1, 0.15) is 11.8 Å². The Kier molecular flexibility index (Phi) is 7.88. The van der Waals surface area contributed by atoms with E-state index in [2.05, 4.69) is 44.2 Å². The van der Waals surface area contributed by atoms with Gasteiger partial charge in [-0.25, -0.2) is 4.98 Å². The van der Waals surface area contributed by atoms with Crippen LogP contribution in [0.15, 0.2) is 5.38 Å².